The zero-order chi connectivity index (χ0) is 21.4. The molecular weight excluding hydrogens is 408 g/mol. The minimum atomic E-state index is -3.24. The highest BCUT2D eigenvalue weighted by Crippen LogP contribution is 2.33. The lowest BCUT2D eigenvalue weighted by molar-refractivity contribution is 0.602. The summed E-state index contributed by atoms with van der Waals surface area (Å²) in [6, 6.07) is 22.3. The van der Waals surface area contributed by atoms with Crippen LogP contribution in [-0.4, -0.2) is 34.0 Å². The van der Waals surface area contributed by atoms with Gasteiger partial charge in [0.05, 0.1) is 22.0 Å². The molecule has 0 fully saturated rings. The quantitative estimate of drug-likeness (QED) is 0.422. The predicted octanol–water partition coefficient (Wildman–Crippen LogP) is 4.53. The summed E-state index contributed by atoms with van der Waals surface area (Å²) < 4.78 is 25.5. The van der Waals surface area contributed by atoms with Crippen molar-refractivity contribution in [3.05, 3.63) is 91.4 Å². The summed E-state index contributed by atoms with van der Waals surface area (Å²) in [7, 11) is -3.24. The van der Waals surface area contributed by atoms with Gasteiger partial charge in [-0.15, -0.1) is 0 Å². The van der Waals surface area contributed by atoms with Crippen LogP contribution in [0.5, 0.6) is 0 Å². The van der Waals surface area contributed by atoms with Crippen LogP contribution in [0.15, 0.2) is 96.3 Å². The van der Waals surface area contributed by atoms with E-state index < -0.39 is 9.84 Å². The van der Waals surface area contributed by atoms with E-state index in [0.29, 0.717) is 0 Å². The molecule has 4 aromatic heterocycles. The summed E-state index contributed by atoms with van der Waals surface area (Å²) in [6.45, 7) is 0. The maximum atomic E-state index is 11.8. The fourth-order valence-corrected chi connectivity index (χ4v) is 4.19. The van der Waals surface area contributed by atoms with Crippen LogP contribution in [0.3, 0.4) is 0 Å². The van der Waals surface area contributed by atoms with Crippen LogP contribution in [0.25, 0.3) is 39.5 Å². The van der Waals surface area contributed by atoms with Crippen LogP contribution in [0.4, 0.5) is 0 Å². The van der Waals surface area contributed by atoms with Gasteiger partial charge in [-0.05, 0) is 48.5 Å². The first-order valence-electron chi connectivity index (χ1n) is 9.66. The molecule has 0 N–H and O–H groups in total. The van der Waals surface area contributed by atoms with E-state index in [2.05, 4.69) is 9.97 Å². The Morgan fingerprint density at radius 2 is 1.55 bits per heavy atom. The molecule has 0 aliphatic carbocycles. The molecule has 1 aromatic carbocycles. The minimum Gasteiger partial charge on any atom is -0.299 e. The van der Waals surface area contributed by atoms with Crippen LogP contribution < -0.4 is 0 Å². The fraction of sp³-hybridized carbons (Fsp3) is 0.0417. The second-order valence-electron chi connectivity index (χ2n) is 7.18. The van der Waals surface area contributed by atoms with E-state index in [1.54, 1.807) is 36.7 Å². The van der Waals surface area contributed by atoms with Crippen LogP contribution >= 0.6 is 0 Å². The number of benzene rings is 1. The van der Waals surface area contributed by atoms with Gasteiger partial charge in [-0.3, -0.25) is 14.4 Å². The van der Waals surface area contributed by atoms with Crippen LogP contribution in [-0.2, 0) is 9.84 Å². The summed E-state index contributed by atoms with van der Waals surface area (Å²) in [4.78, 5) is 14.1. The zero-order valence-electron chi connectivity index (χ0n) is 16.7. The van der Waals surface area contributed by atoms with Crippen LogP contribution in [0, 0.1) is 0 Å². The van der Waals surface area contributed by atoms with Crippen molar-refractivity contribution in [3.8, 4) is 33.9 Å². The molecule has 0 saturated carbocycles. The predicted molar refractivity (Wildman–Crippen MR) is 120 cm³/mol. The highest BCUT2D eigenvalue weighted by Gasteiger charge is 2.17. The molecule has 0 bridgehead atoms. The molecule has 152 valence electrons. The lowest BCUT2D eigenvalue weighted by Gasteiger charge is -2.08. The van der Waals surface area contributed by atoms with Gasteiger partial charge < -0.3 is 0 Å². The van der Waals surface area contributed by atoms with Crippen molar-refractivity contribution < 1.29 is 8.42 Å². The molecule has 0 spiro atoms. The lowest BCUT2D eigenvalue weighted by atomic mass is 10.1. The SMILES string of the molecule is CS(=O)(=O)c1ccc(-c2cc(-c3c(-c4ccccn4)nc4ccccn34)ccn2)cc1. The van der Waals surface area contributed by atoms with Gasteiger partial charge in [0.25, 0.3) is 0 Å². The Labute approximate surface area is 179 Å². The van der Waals surface area contributed by atoms with Gasteiger partial charge in [-0.25, -0.2) is 13.4 Å². The van der Waals surface area contributed by atoms with Crippen molar-refractivity contribution in [2.45, 2.75) is 4.90 Å². The number of sulfone groups is 1. The number of nitrogens with zero attached hydrogens (tertiary/aromatic N) is 4. The first-order chi connectivity index (χ1) is 15.0. The van der Waals surface area contributed by atoms with Gasteiger partial charge in [-0.1, -0.05) is 24.3 Å². The first-order valence-corrected chi connectivity index (χ1v) is 11.6. The van der Waals surface area contributed by atoms with Gasteiger partial charge in [0.15, 0.2) is 9.84 Å². The van der Waals surface area contributed by atoms with Gasteiger partial charge in [0.1, 0.15) is 11.3 Å². The van der Waals surface area contributed by atoms with Crippen molar-refractivity contribution in [1.82, 2.24) is 19.4 Å². The molecule has 0 aliphatic rings. The molecule has 4 heterocycles. The second-order valence-corrected chi connectivity index (χ2v) is 9.19. The van der Waals surface area contributed by atoms with Crippen molar-refractivity contribution in [1.29, 1.82) is 0 Å². The van der Waals surface area contributed by atoms with E-state index in [0.717, 1.165) is 39.5 Å². The molecule has 0 radical (unpaired) electrons. The van der Waals surface area contributed by atoms with E-state index in [1.807, 2.05) is 59.1 Å². The molecule has 31 heavy (non-hydrogen) atoms. The molecule has 5 aromatic rings. The highest BCUT2D eigenvalue weighted by atomic mass is 32.2. The first kappa shape index (κ1) is 19.1. The summed E-state index contributed by atoms with van der Waals surface area (Å²) >= 11 is 0. The number of pyridine rings is 3. The third kappa shape index (κ3) is 3.60. The van der Waals surface area contributed by atoms with Crippen LogP contribution in [0.1, 0.15) is 0 Å². The molecule has 0 amide bonds. The van der Waals surface area contributed by atoms with E-state index in [9.17, 15) is 8.42 Å². The normalized spacial score (nSPS) is 11.6. The molecule has 0 unspecified atom stereocenters. The monoisotopic (exact) mass is 426 g/mol. The maximum Gasteiger partial charge on any atom is 0.175 e. The summed E-state index contributed by atoms with van der Waals surface area (Å²) in [5, 5.41) is 0. The largest absolute Gasteiger partial charge is 0.299 e. The average molecular weight is 427 g/mol. The van der Waals surface area contributed by atoms with Crippen molar-refractivity contribution in [2.24, 2.45) is 0 Å². The fourth-order valence-electron chi connectivity index (χ4n) is 3.56. The number of rotatable bonds is 4. The second kappa shape index (κ2) is 7.45. The van der Waals surface area contributed by atoms with Crippen molar-refractivity contribution in [3.63, 3.8) is 0 Å². The third-order valence-electron chi connectivity index (χ3n) is 5.05. The third-order valence-corrected chi connectivity index (χ3v) is 6.18. The molecule has 0 atom stereocenters. The van der Waals surface area contributed by atoms with Crippen LogP contribution in [0.2, 0.25) is 0 Å². The Hall–Kier alpha value is -3.84. The van der Waals surface area contributed by atoms with Gasteiger partial charge in [-0.2, -0.15) is 0 Å². The summed E-state index contributed by atoms with van der Waals surface area (Å²) in [5.41, 5.74) is 5.85. The van der Waals surface area contributed by atoms with Gasteiger partial charge in [0.2, 0.25) is 0 Å². The zero-order valence-corrected chi connectivity index (χ0v) is 17.5. The topological polar surface area (TPSA) is 77.2 Å². The number of hydrogen-bond acceptors (Lipinski definition) is 5. The molecular formula is C24H18N4O2S. The van der Waals surface area contributed by atoms with Crippen molar-refractivity contribution in [2.75, 3.05) is 6.26 Å². The summed E-state index contributed by atoms with van der Waals surface area (Å²) in [5.74, 6) is 0. The van der Waals surface area contributed by atoms with E-state index in [1.165, 1.54) is 6.26 Å². The number of hydrogen-bond donors (Lipinski definition) is 0. The highest BCUT2D eigenvalue weighted by molar-refractivity contribution is 7.90. The average Bonchev–Trinajstić information content (AvgIpc) is 3.19. The Morgan fingerprint density at radius 3 is 2.29 bits per heavy atom. The van der Waals surface area contributed by atoms with E-state index in [4.69, 9.17) is 4.98 Å². The Kier molecular flexibility index (Phi) is 4.60. The maximum absolute atomic E-state index is 11.8. The van der Waals surface area contributed by atoms with E-state index >= 15 is 0 Å². The molecule has 0 aliphatic heterocycles. The molecule has 5 rings (SSSR count). The molecule has 7 heteroatoms. The summed E-state index contributed by atoms with van der Waals surface area (Å²) in [6.07, 6.45) is 6.68. The van der Waals surface area contributed by atoms with E-state index in [-0.39, 0.29) is 4.90 Å². The molecule has 0 saturated heterocycles. The standard InChI is InChI=1S/C24H18N4O2S/c1-31(29,30)19-10-8-17(9-11-19)21-16-18(12-14-26-21)24-23(20-6-2-4-13-25-20)27-22-7-3-5-15-28(22)24/h2-16H,1H3. The number of imidazole rings is 1. The Bertz CT molecular complexity index is 1490. The Morgan fingerprint density at radius 1 is 0.774 bits per heavy atom. The smallest absolute Gasteiger partial charge is 0.175 e. The lowest BCUT2D eigenvalue weighted by Crippen LogP contribution is -1.96. The van der Waals surface area contributed by atoms with Gasteiger partial charge >= 0.3 is 0 Å². The van der Waals surface area contributed by atoms with Gasteiger partial charge in [0, 0.05) is 36.0 Å². The number of aromatic nitrogens is 4. The number of fused-ring (bicyclic) bond motifs is 1. The molecule has 6 nitrogen and oxygen atoms in total. The van der Waals surface area contributed by atoms with Crippen molar-refractivity contribution >= 4 is 15.5 Å². The Balaban J connectivity index is 1.67. The minimum absolute atomic E-state index is 0.284.